The highest BCUT2D eigenvalue weighted by molar-refractivity contribution is 7.99. The Morgan fingerprint density at radius 1 is 1.17 bits per heavy atom. The fraction of sp³-hybridized carbons (Fsp3) is 0.154. The van der Waals surface area contributed by atoms with Gasteiger partial charge < -0.3 is 10.1 Å². The smallest absolute Gasteiger partial charge is 0.271 e. The Labute approximate surface area is 213 Å². The number of thiophene rings is 1. The van der Waals surface area contributed by atoms with Gasteiger partial charge in [0.05, 0.1) is 16.1 Å². The van der Waals surface area contributed by atoms with Gasteiger partial charge in [-0.25, -0.2) is 8.42 Å². The van der Waals surface area contributed by atoms with Crippen LogP contribution in [-0.2, 0) is 16.4 Å². The van der Waals surface area contributed by atoms with Crippen molar-refractivity contribution in [3.05, 3.63) is 76.8 Å². The fourth-order valence-electron chi connectivity index (χ4n) is 3.58. The molecule has 180 valence electrons. The van der Waals surface area contributed by atoms with Gasteiger partial charge in [0.15, 0.2) is 0 Å². The molecule has 0 fully saturated rings. The van der Waals surface area contributed by atoms with Gasteiger partial charge in [0.25, 0.3) is 10.0 Å². The number of para-hydroxylation sites is 1. The number of nitrogens with one attached hydrogen (secondary N) is 1. The van der Waals surface area contributed by atoms with Gasteiger partial charge >= 0.3 is 0 Å². The Hall–Kier alpha value is -3.14. The number of phenolic OH excluding ortho intramolecular Hbond substituents is 1. The van der Waals surface area contributed by atoms with Crippen LogP contribution in [0.15, 0.2) is 79.8 Å². The van der Waals surface area contributed by atoms with E-state index < -0.39 is 10.0 Å². The number of anilines is 1. The number of aliphatic imine (C=N–C) groups is 1. The number of nitrogens with zero attached hydrogens (tertiary/aromatic N) is 2. The van der Waals surface area contributed by atoms with E-state index >= 15 is 0 Å². The van der Waals surface area contributed by atoms with Crippen LogP contribution in [0.3, 0.4) is 0 Å². The van der Waals surface area contributed by atoms with Crippen LogP contribution in [0, 0.1) is 6.92 Å². The van der Waals surface area contributed by atoms with Crippen LogP contribution in [0.1, 0.15) is 22.9 Å². The summed E-state index contributed by atoms with van der Waals surface area (Å²) < 4.78 is 29.4. The van der Waals surface area contributed by atoms with Gasteiger partial charge in [-0.1, -0.05) is 42.1 Å². The Kier molecular flexibility index (Phi) is 7.59. The van der Waals surface area contributed by atoms with Crippen molar-refractivity contribution in [2.75, 3.05) is 11.8 Å². The molecule has 2 heterocycles. The second kappa shape index (κ2) is 10.6. The van der Waals surface area contributed by atoms with Gasteiger partial charge in [0.2, 0.25) is 0 Å². The molecule has 2 aromatic heterocycles. The van der Waals surface area contributed by atoms with Gasteiger partial charge in [-0.2, -0.15) is 0 Å². The number of rotatable bonds is 8. The van der Waals surface area contributed by atoms with Crippen molar-refractivity contribution in [2.24, 2.45) is 4.99 Å². The molecule has 6 nitrogen and oxygen atoms in total. The topological polar surface area (TPSA) is 91.7 Å². The van der Waals surface area contributed by atoms with Crippen molar-refractivity contribution in [2.45, 2.75) is 34.3 Å². The second-order valence-electron chi connectivity index (χ2n) is 7.71. The summed E-state index contributed by atoms with van der Waals surface area (Å²) in [6.07, 6.45) is 7.65. The number of sulfonamides is 1. The Bertz CT molecular complexity index is 1530. The van der Waals surface area contributed by atoms with E-state index in [4.69, 9.17) is 0 Å². The SMILES string of the molecule is CC=Cc1c(C)c(NS(=O)(=O)c2ccc(CC=NC)s2)cc(Sc2cccc3cccnc23)c1O. The molecular weight excluding hydrogens is 499 g/mol. The van der Waals surface area contributed by atoms with E-state index in [0.717, 1.165) is 20.7 Å². The van der Waals surface area contributed by atoms with Crippen LogP contribution in [0.5, 0.6) is 5.75 Å². The summed E-state index contributed by atoms with van der Waals surface area (Å²) in [4.78, 5) is 10.8. The van der Waals surface area contributed by atoms with Gasteiger partial charge in [-0.3, -0.25) is 9.71 Å². The van der Waals surface area contributed by atoms with Crippen molar-refractivity contribution in [1.29, 1.82) is 0 Å². The largest absolute Gasteiger partial charge is 0.506 e. The van der Waals surface area contributed by atoms with Crippen molar-refractivity contribution in [3.63, 3.8) is 0 Å². The van der Waals surface area contributed by atoms with Crippen molar-refractivity contribution < 1.29 is 13.5 Å². The molecule has 0 aliphatic carbocycles. The van der Waals surface area contributed by atoms with Crippen LogP contribution in [-0.4, -0.2) is 31.8 Å². The molecule has 0 spiro atoms. The van der Waals surface area contributed by atoms with E-state index in [1.165, 1.54) is 23.1 Å². The first-order valence-corrected chi connectivity index (χ1v) is 14.0. The first kappa shape index (κ1) is 25.0. The third-order valence-corrected chi connectivity index (χ3v) is 9.39. The van der Waals surface area contributed by atoms with Crippen molar-refractivity contribution in [1.82, 2.24) is 4.98 Å². The standard InChI is InChI=1S/C26H25N3O3S3/c1-4-7-20-17(2)21(29-35(31,32)24-12-11-19(33-24)13-15-27-3)16-23(26(20)30)34-22-10-5-8-18-9-6-14-28-25(18)22/h4-12,14-16,29-30H,13H2,1-3H3. The maximum Gasteiger partial charge on any atom is 0.271 e. The lowest BCUT2D eigenvalue weighted by atomic mass is 10.1. The third kappa shape index (κ3) is 5.42. The van der Waals surface area contributed by atoms with Crippen LogP contribution in [0.4, 0.5) is 5.69 Å². The maximum atomic E-state index is 13.2. The predicted molar refractivity (Wildman–Crippen MR) is 147 cm³/mol. The average molecular weight is 524 g/mol. The van der Waals surface area contributed by atoms with Gasteiger partial charge in [0.1, 0.15) is 9.96 Å². The number of aromatic nitrogens is 1. The zero-order valence-electron chi connectivity index (χ0n) is 19.5. The zero-order chi connectivity index (χ0) is 25.0. The van der Waals surface area contributed by atoms with E-state index in [2.05, 4.69) is 14.7 Å². The molecule has 35 heavy (non-hydrogen) atoms. The second-order valence-corrected chi connectivity index (χ2v) is 11.9. The molecule has 0 amide bonds. The van der Waals surface area contributed by atoms with Gasteiger partial charge in [-0.15, -0.1) is 11.3 Å². The fourth-order valence-corrected chi connectivity index (χ4v) is 7.04. The molecule has 2 aromatic carbocycles. The molecule has 4 rings (SSSR count). The lowest BCUT2D eigenvalue weighted by molar-refractivity contribution is 0.461. The number of fused-ring (bicyclic) bond motifs is 1. The minimum Gasteiger partial charge on any atom is -0.506 e. The number of phenols is 1. The molecule has 2 N–H and O–H groups in total. The van der Waals surface area contributed by atoms with E-state index in [9.17, 15) is 13.5 Å². The Morgan fingerprint density at radius 2 is 1.97 bits per heavy atom. The lowest BCUT2D eigenvalue weighted by Crippen LogP contribution is -2.13. The highest BCUT2D eigenvalue weighted by Gasteiger charge is 2.22. The highest BCUT2D eigenvalue weighted by atomic mass is 32.2. The van der Waals surface area contributed by atoms with Crippen molar-refractivity contribution in [3.8, 4) is 5.75 Å². The number of aromatic hydroxyl groups is 1. The summed E-state index contributed by atoms with van der Waals surface area (Å²) in [6, 6.07) is 14.8. The third-order valence-electron chi connectivity index (χ3n) is 5.34. The molecule has 9 heteroatoms. The Balaban J connectivity index is 1.75. The average Bonchev–Trinajstić information content (AvgIpc) is 3.34. The quantitative estimate of drug-likeness (QED) is 0.202. The van der Waals surface area contributed by atoms with Crippen LogP contribution in [0.2, 0.25) is 0 Å². The molecule has 0 bridgehead atoms. The number of pyridine rings is 1. The molecule has 0 saturated heterocycles. The Morgan fingerprint density at radius 3 is 2.74 bits per heavy atom. The van der Waals surface area contributed by atoms with Crippen LogP contribution < -0.4 is 4.72 Å². The zero-order valence-corrected chi connectivity index (χ0v) is 22.0. The maximum absolute atomic E-state index is 13.2. The van der Waals surface area contributed by atoms with E-state index in [0.29, 0.717) is 28.1 Å². The predicted octanol–water partition coefficient (Wildman–Crippen LogP) is 6.54. The normalized spacial score (nSPS) is 12.2. The molecular formula is C26H25N3O3S3. The molecule has 0 aliphatic heterocycles. The summed E-state index contributed by atoms with van der Waals surface area (Å²) in [5.41, 5.74) is 2.43. The van der Waals surface area contributed by atoms with Gasteiger partial charge in [-0.05, 0) is 49.7 Å². The first-order valence-electron chi connectivity index (χ1n) is 10.9. The minimum atomic E-state index is -3.81. The van der Waals surface area contributed by atoms with Crippen LogP contribution in [0.25, 0.3) is 17.0 Å². The minimum absolute atomic E-state index is 0.0961. The molecule has 0 saturated carbocycles. The van der Waals surface area contributed by atoms with E-state index in [1.807, 2.05) is 43.3 Å². The molecule has 0 unspecified atom stereocenters. The van der Waals surface area contributed by atoms with Crippen molar-refractivity contribution >= 4 is 62.0 Å². The summed E-state index contributed by atoms with van der Waals surface area (Å²) in [6.45, 7) is 3.64. The first-order chi connectivity index (χ1) is 16.8. The number of hydrogen-bond acceptors (Lipinski definition) is 7. The lowest BCUT2D eigenvalue weighted by Gasteiger charge is -2.17. The highest BCUT2D eigenvalue weighted by Crippen LogP contribution is 2.43. The van der Waals surface area contributed by atoms with E-state index in [-0.39, 0.29) is 9.96 Å². The van der Waals surface area contributed by atoms with E-state index in [1.54, 1.807) is 50.7 Å². The summed E-state index contributed by atoms with van der Waals surface area (Å²) in [7, 11) is -2.13. The molecule has 0 radical (unpaired) electrons. The summed E-state index contributed by atoms with van der Waals surface area (Å²) in [5, 5.41) is 12.1. The molecule has 4 aromatic rings. The summed E-state index contributed by atoms with van der Waals surface area (Å²) in [5.74, 6) is 0.0961. The molecule has 0 aliphatic rings. The number of hydrogen-bond donors (Lipinski definition) is 2. The number of allylic oxidation sites excluding steroid dienone is 1. The monoisotopic (exact) mass is 523 g/mol. The summed E-state index contributed by atoms with van der Waals surface area (Å²) >= 11 is 2.56. The number of benzene rings is 2. The van der Waals surface area contributed by atoms with Crippen LogP contribution >= 0.6 is 23.1 Å². The van der Waals surface area contributed by atoms with Gasteiger partial charge in [0, 0.05) is 46.6 Å². The molecule has 0 atom stereocenters.